The van der Waals surface area contributed by atoms with Crippen LogP contribution in [0, 0.1) is 0 Å². The van der Waals surface area contributed by atoms with Crippen molar-refractivity contribution < 1.29 is 19.4 Å². The number of benzene rings is 2. The quantitative estimate of drug-likeness (QED) is 0.811. The zero-order chi connectivity index (χ0) is 15.8. The van der Waals surface area contributed by atoms with E-state index in [1.807, 2.05) is 30.3 Å². The molecule has 22 heavy (non-hydrogen) atoms. The van der Waals surface area contributed by atoms with Gasteiger partial charge in [0.15, 0.2) is 0 Å². The number of hydrogen-bond donors (Lipinski definition) is 2. The Balaban J connectivity index is 2.09. The molecule has 2 N–H and O–H groups in total. The third-order valence-electron chi connectivity index (χ3n) is 3.00. The van der Waals surface area contributed by atoms with Crippen LogP contribution >= 0.6 is 0 Å². The molecule has 1 radical (unpaired) electrons. The molecule has 2 aromatic carbocycles. The number of rotatable bonds is 7. The van der Waals surface area contributed by atoms with Gasteiger partial charge in [-0.15, -0.1) is 0 Å². The molecule has 5 heteroatoms. The second-order valence-corrected chi connectivity index (χ2v) is 4.60. The van der Waals surface area contributed by atoms with E-state index in [4.69, 9.17) is 9.84 Å². The van der Waals surface area contributed by atoms with Crippen molar-refractivity contribution in [3.05, 3.63) is 65.7 Å². The number of para-hydroxylation sites is 1. The van der Waals surface area contributed by atoms with Crippen molar-refractivity contribution in [1.82, 2.24) is 5.32 Å². The molecule has 113 valence electrons. The van der Waals surface area contributed by atoms with Crippen LogP contribution in [0.4, 0.5) is 0 Å². The Hall–Kier alpha value is -2.66. The van der Waals surface area contributed by atoms with Gasteiger partial charge in [0, 0.05) is 0 Å². The zero-order valence-electron chi connectivity index (χ0n) is 11.9. The lowest BCUT2D eigenvalue weighted by Crippen LogP contribution is -2.38. The monoisotopic (exact) mass is 298 g/mol. The fourth-order valence-corrected chi connectivity index (χ4v) is 1.86. The molecule has 0 heterocycles. The lowest BCUT2D eigenvalue weighted by molar-refractivity contribution is 0.0928. The minimum absolute atomic E-state index is 0.298. The van der Waals surface area contributed by atoms with E-state index < -0.39 is 18.6 Å². The standard InChI is InChI=1S/C17H16NO4/c19-10-14(11-20)18-17(21)15-8-4-5-9-16(15)22-12-13-6-2-1-3-7-13/h1-9,14,19H,10,12H2,(H,18,21)/t14-/m0/s1. The van der Waals surface area contributed by atoms with E-state index in [9.17, 15) is 9.59 Å². The molecule has 0 aliphatic heterocycles. The first-order valence-electron chi connectivity index (χ1n) is 6.79. The van der Waals surface area contributed by atoms with Crippen LogP contribution < -0.4 is 10.1 Å². The lowest BCUT2D eigenvalue weighted by Gasteiger charge is -2.13. The predicted octanol–water partition coefficient (Wildman–Crippen LogP) is 1.47. The SMILES string of the molecule is O=[C][C@H](CO)NC(=O)c1ccccc1OCc1ccccc1. The number of hydrogen-bond acceptors (Lipinski definition) is 4. The van der Waals surface area contributed by atoms with Gasteiger partial charge in [0.25, 0.3) is 5.91 Å². The van der Waals surface area contributed by atoms with E-state index in [-0.39, 0.29) is 0 Å². The Labute approximate surface area is 128 Å². The third kappa shape index (κ3) is 4.17. The predicted molar refractivity (Wildman–Crippen MR) is 81.2 cm³/mol. The summed E-state index contributed by atoms with van der Waals surface area (Å²) in [6.07, 6.45) is 1.56. The summed E-state index contributed by atoms with van der Waals surface area (Å²) < 4.78 is 5.67. The van der Waals surface area contributed by atoms with Crippen LogP contribution in [0.1, 0.15) is 15.9 Å². The molecule has 0 saturated carbocycles. The maximum Gasteiger partial charge on any atom is 0.255 e. The van der Waals surface area contributed by atoms with Crippen LogP contribution in [0.2, 0.25) is 0 Å². The van der Waals surface area contributed by atoms with Gasteiger partial charge in [-0.25, -0.2) is 0 Å². The van der Waals surface area contributed by atoms with Crippen LogP contribution in [0.3, 0.4) is 0 Å². The minimum Gasteiger partial charge on any atom is -0.488 e. The number of aliphatic hydroxyl groups excluding tert-OH is 1. The fourth-order valence-electron chi connectivity index (χ4n) is 1.86. The molecule has 0 unspecified atom stereocenters. The van der Waals surface area contributed by atoms with Gasteiger partial charge < -0.3 is 15.2 Å². The van der Waals surface area contributed by atoms with Crippen molar-refractivity contribution >= 4 is 12.2 Å². The van der Waals surface area contributed by atoms with Crippen LogP contribution in [-0.4, -0.2) is 29.9 Å². The number of nitrogens with one attached hydrogen (secondary N) is 1. The molecule has 2 rings (SSSR count). The zero-order valence-corrected chi connectivity index (χ0v) is 11.9. The van der Waals surface area contributed by atoms with Gasteiger partial charge in [0.05, 0.1) is 12.2 Å². The van der Waals surface area contributed by atoms with Crippen LogP contribution in [-0.2, 0) is 11.4 Å². The fraction of sp³-hybridized carbons (Fsp3) is 0.176. The van der Waals surface area contributed by atoms with Crippen LogP contribution in [0.25, 0.3) is 0 Å². The molecule has 0 spiro atoms. The lowest BCUT2D eigenvalue weighted by atomic mass is 10.1. The maximum atomic E-state index is 12.1. The number of carbonyl (C=O) groups is 1. The second kappa shape index (κ2) is 7.95. The van der Waals surface area contributed by atoms with Gasteiger partial charge in [0.1, 0.15) is 18.4 Å². The number of amides is 1. The summed E-state index contributed by atoms with van der Waals surface area (Å²) in [5, 5.41) is 11.3. The average Bonchev–Trinajstić information content (AvgIpc) is 2.58. The van der Waals surface area contributed by atoms with E-state index in [0.717, 1.165) is 5.56 Å². The Morgan fingerprint density at radius 1 is 1.14 bits per heavy atom. The Bertz CT molecular complexity index is 628. The molecule has 1 atom stereocenters. The first-order chi connectivity index (χ1) is 10.7. The normalized spacial score (nSPS) is 11.5. The molecule has 0 aliphatic rings. The van der Waals surface area contributed by atoms with Crippen molar-refractivity contribution in [1.29, 1.82) is 0 Å². The van der Waals surface area contributed by atoms with Crippen molar-refractivity contribution in [2.75, 3.05) is 6.61 Å². The Morgan fingerprint density at radius 3 is 2.50 bits per heavy atom. The van der Waals surface area contributed by atoms with E-state index >= 15 is 0 Å². The summed E-state index contributed by atoms with van der Waals surface area (Å²) in [5.74, 6) is -0.0856. The van der Waals surface area contributed by atoms with Gasteiger partial charge in [0.2, 0.25) is 6.29 Å². The highest BCUT2D eigenvalue weighted by Gasteiger charge is 2.16. The second-order valence-electron chi connectivity index (χ2n) is 4.60. The third-order valence-corrected chi connectivity index (χ3v) is 3.00. The highest BCUT2D eigenvalue weighted by atomic mass is 16.5. The summed E-state index contributed by atoms with van der Waals surface area (Å²) in [6, 6.07) is 15.2. The minimum atomic E-state index is -1.05. The first-order valence-corrected chi connectivity index (χ1v) is 6.79. The number of aliphatic hydroxyl groups is 1. The topological polar surface area (TPSA) is 75.6 Å². The summed E-state index contributed by atoms with van der Waals surface area (Å²) in [6.45, 7) is -0.170. The van der Waals surface area contributed by atoms with E-state index in [1.165, 1.54) is 0 Å². The van der Waals surface area contributed by atoms with E-state index in [1.54, 1.807) is 30.6 Å². The summed E-state index contributed by atoms with van der Waals surface area (Å²) in [7, 11) is 0. The van der Waals surface area contributed by atoms with Crippen molar-refractivity contribution in [2.24, 2.45) is 0 Å². The molecule has 0 bridgehead atoms. The molecule has 1 amide bonds. The largest absolute Gasteiger partial charge is 0.488 e. The van der Waals surface area contributed by atoms with Crippen LogP contribution in [0.15, 0.2) is 54.6 Å². The summed E-state index contributed by atoms with van der Waals surface area (Å²) in [4.78, 5) is 22.7. The van der Waals surface area contributed by atoms with Crippen molar-refractivity contribution in [2.45, 2.75) is 12.6 Å². The van der Waals surface area contributed by atoms with Crippen LogP contribution in [0.5, 0.6) is 5.75 Å². The van der Waals surface area contributed by atoms with Crippen molar-refractivity contribution in [3.63, 3.8) is 0 Å². The smallest absolute Gasteiger partial charge is 0.255 e. The van der Waals surface area contributed by atoms with E-state index in [0.29, 0.717) is 17.9 Å². The van der Waals surface area contributed by atoms with E-state index in [2.05, 4.69) is 5.32 Å². The average molecular weight is 298 g/mol. The first kappa shape index (κ1) is 15.7. The highest BCUT2D eigenvalue weighted by Crippen LogP contribution is 2.19. The molecule has 0 aliphatic carbocycles. The maximum absolute atomic E-state index is 12.1. The molecule has 0 fully saturated rings. The Kier molecular flexibility index (Phi) is 5.68. The number of ether oxygens (including phenoxy) is 1. The molecule has 2 aromatic rings. The highest BCUT2D eigenvalue weighted by molar-refractivity contribution is 5.98. The molecular formula is C17H16NO4. The van der Waals surface area contributed by atoms with Crippen molar-refractivity contribution in [3.8, 4) is 5.75 Å². The van der Waals surface area contributed by atoms with Gasteiger partial charge >= 0.3 is 0 Å². The molecule has 0 aromatic heterocycles. The van der Waals surface area contributed by atoms with Gasteiger partial charge in [-0.1, -0.05) is 42.5 Å². The summed E-state index contributed by atoms with van der Waals surface area (Å²) in [5.41, 5.74) is 1.28. The van der Waals surface area contributed by atoms with Gasteiger partial charge in [-0.05, 0) is 17.7 Å². The Morgan fingerprint density at radius 2 is 1.82 bits per heavy atom. The van der Waals surface area contributed by atoms with Gasteiger partial charge in [-0.3, -0.25) is 9.59 Å². The number of carbonyl (C=O) groups excluding carboxylic acids is 2. The molecular weight excluding hydrogens is 282 g/mol. The summed E-state index contributed by atoms with van der Waals surface area (Å²) >= 11 is 0. The molecule has 0 saturated heterocycles. The van der Waals surface area contributed by atoms with Gasteiger partial charge in [-0.2, -0.15) is 0 Å². The molecule has 5 nitrogen and oxygen atoms in total.